The van der Waals surface area contributed by atoms with Crippen molar-refractivity contribution < 1.29 is 9.53 Å². The summed E-state index contributed by atoms with van der Waals surface area (Å²) in [5.41, 5.74) is 4.83. The van der Waals surface area contributed by atoms with Crippen molar-refractivity contribution in [3.8, 4) is 5.75 Å². The number of carbonyl (C=O) groups is 1. The highest BCUT2D eigenvalue weighted by molar-refractivity contribution is 5.96. The zero-order valence-electron chi connectivity index (χ0n) is 19.5. The summed E-state index contributed by atoms with van der Waals surface area (Å²) in [5.74, 6) is 0.961. The molecule has 0 spiro atoms. The van der Waals surface area contributed by atoms with Crippen LogP contribution in [0.4, 0.5) is 0 Å². The molecular weight excluding hydrogens is 360 g/mol. The van der Waals surface area contributed by atoms with Gasteiger partial charge in [0.15, 0.2) is 5.78 Å². The van der Waals surface area contributed by atoms with Gasteiger partial charge in [-0.15, -0.1) is 0 Å². The van der Waals surface area contributed by atoms with Gasteiger partial charge < -0.3 is 9.73 Å². The molecule has 1 rings (SSSR count). The van der Waals surface area contributed by atoms with E-state index in [0.717, 1.165) is 35.4 Å². The lowest BCUT2D eigenvalue weighted by Gasteiger charge is -2.06. The van der Waals surface area contributed by atoms with E-state index in [2.05, 4.69) is 43.0 Å². The van der Waals surface area contributed by atoms with Crippen LogP contribution in [0.3, 0.4) is 0 Å². The number of allylic oxidation sites excluding steroid dienone is 6. The zero-order valence-corrected chi connectivity index (χ0v) is 19.5. The van der Waals surface area contributed by atoms with Gasteiger partial charge in [-0.2, -0.15) is 0 Å². The number of aryl methyl sites for hydroxylation is 2. The predicted octanol–water partition coefficient (Wildman–Crippen LogP) is 6.13. The maximum Gasteiger partial charge on any atom is 0.159 e. The molecule has 160 valence electrons. The van der Waals surface area contributed by atoms with Crippen LogP contribution in [0.5, 0.6) is 5.75 Å². The molecule has 1 aromatic heterocycles. The van der Waals surface area contributed by atoms with Crippen molar-refractivity contribution >= 4 is 12.0 Å². The third-order valence-electron chi connectivity index (χ3n) is 3.96. The summed E-state index contributed by atoms with van der Waals surface area (Å²) >= 11 is 0. The van der Waals surface area contributed by atoms with Gasteiger partial charge in [-0.3, -0.25) is 9.78 Å². The van der Waals surface area contributed by atoms with Crippen LogP contribution in [0.2, 0.25) is 0 Å². The number of ketones is 1. The van der Waals surface area contributed by atoms with Crippen molar-refractivity contribution in [3.63, 3.8) is 0 Å². The van der Waals surface area contributed by atoms with E-state index in [0.29, 0.717) is 5.57 Å². The number of aliphatic imine (C=N–C) groups is 1. The van der Waals surface area contributed by atoms with E-state index in [1.165, 1.54) is 5.56 Å². The Kier molecular flexibility index (Phi) is 17.0. The SMILES string of the molecule is C=C(C)C(=C)/C=C\C(=C/C)C(C)=O.CC=NC.CCc1cc(CC)c(OC)cn1. The molecule has 4 nitrogen and oxygen atoms in total. The average Bonchev–Trinajstić information content (AvgIpc) is 2.73. The van der Waals surface area contributed by atoms with Crippen molar-refractivity contribution in [2.45, 2.75) is 54.4 Å². The number of Topliss-reactive ketones (excluding diaryl/α,β-unsaturated/α-hetero) is 1. The minimum Gasteiger partial charge on any atom is -0.495 e. The van der Waals surface area contributed by atoms with Gasteiger partial charge in [0, 0.05) is 18.3 Å². The Morgan fingerprint density at radius 2 is 1.76 bits per heavy atom. The predicted molar refractivity (Wildman–Crippen MR) is 127 cm³/mol. The number of aromatic nitrogens is 1. The number of hydrogen-bond donors (Lipinski definition) is 0. The molecule has 0 aliphatic rings. The molecule has 0 saturated carbocycles. The molecule has 4 heteroatoms. The summed E-state index contributed by atoms with van der Waals surface area (Å²) in [7, 11) is 3.43. The number of hydrogen-bond acceptors (Lipinski definition) is 4. The van der Waals surface area contributed by atoms with Crippen LogP contribution >= 0.6 is 0 Å². The van der Waals surface area contributed by atoms with E-state index in [1.807, 2.05) is 20.8 Å². The summed E-state index contributed by atoms with van der Waals surface area (Å²) in [4.78, 5) is 18.8. The van der Waals surface area contributed by atoms with Crippen LogP contribution in [-0.2, 0) is 17.6 Å². The molecule has 0 amide bonds. The zero-order chi connectivity index (χ0) is 22.8. The maximum atomic E-state index is 11.0. The third kappa shape index (κ3) is 13.1. The molecule has 0 N–H and O–H groups in total. The lowest BCUT2D eigenvalue weighted by molar-refractivity contribution is -0.113. The summed E-state index contributed by atoms with van der Waals surface area (Å²) in [6.07, 6.45) is 10.9. The number of carbonyl (C=O) groups excluding carboxylic acids is 1. The van der Waals surface area contributed by atoms with Crippen molar-refractivity contribution in [2.75, 3.05) is 14.2 Å². The first kappa shape index (κ1) is 28.5. The molecule has 0 saturated heterocycles. The highest BCUT2D eigenvalue weighted by Gasteiger charge is 2.01. The van der Waals surface area contributed by atoms with E-state index in [4.69, 9.17) is 4.74 Å². The molecular formula is C25H38N2O2. The average molecular weight is 399 g/mol. The monoisotopic (exact) mass is 398 g/mol. The Morgan fingerprint density at radius 3 is 2.10 bits per heavy atom. The third-order valence-corrected chi connectivity index (χ3v) is 3.96. The summed E-state index contributed by atoms with van der Waals surface area (Å²) < 4.78 is 5.17. The van der Waals surface area contributed by atoms with Gasteiger partial charge >= 0.3 is 0 Å². The second-order valence-electron chi connectivity index (χ2n) is 6.15. The summed E-state index contributed by atoms with van der Waals surface area (Å²) in [6.45, 7) is 18.9. The molecule has 29 heavy (non-hydrogen) atoms. The standard InChI is InChI=1S/C12H16O.C10H15NO.C3H7N/c1-6-12(11(5)13)8-7-10(4)9(2)3;1-4-8-6-9(5-2)11-7-10(8)12-3;1-3-4-2/h6-8H,2,4H2,1,3,5H3;6-7H,4-5H2,1-3H3;3H,1-2H3/b8-7-,12-6+;;. The lowest BCUT2D eigenvalue weighted by atomic mass is 10.1. The molecule has 0 bridgehead atoms. The van der Waals surface area contributed by atoms with Crippen LogP contribution in [-0.4, -0.2) is 31.1 Å². The number of ether oxygens (including phenoxy) is 1. The normalized spacial score (nSPS) is 10.7. The number of methoxy groups -OCH3 is 1. The van der Waals surface area contributed by atoms with Gasteiger partial charge in [0.05, 0.1) is 13.3 Å². The largest absolute Gasteiger partial charge is 0.495 e. The molecule has 0 aliphatic heterocycles. The Morgan fingerprint density at radius 1 is 1.17 bits per heavy atom. The Bertz CT molecular complexity index is 737. The highest BCUT2D eigenvalue weighted by Crippen LogP contribution is 2.18. The first-order valence-corrected chi connectivity index (χ1v) is 9.80. The Labute approximate surface area is 177 Å². The first-order chi connectivity index (χ1) is 13.7. The molecule has 1 aromatic rings. The molecule has 0 radical (unpaired) electrons. The van der Waals surface area contributed by atoms with E-state index in [-0.39, 0.29) is 5.78 Å². The molecule has 0 aromatic carbocycles. The van der Waals surface area contributed by atoms with Gasteiger partial charge in [-0.25, -0.2) is 0 Å². The van der Waals surface area contributed by atoms with Crippen LogP contribution in [0.1, 0.15) is 52.8 Å². The van der Waals surface area contributed by atoms with Crippen molar-refractivity contribution in [1.29, 1.82) is 0 Å². The molecule has 0 aliphatic carbocycles. The molecule has 1 heterocycles. The fourth-order valence-electron chi connectivity index (χ4n) is 1.94. The molecule has 0 unspecified atom stereocenters. The minimum atomic E-state index is 0.0632. The van der Waals surface area contributed by atoms with Crippen LogP contribution < -0.4 is 4.74 Å². The Hall–Kier alpha value is -2.75. The number of nitrogens with zero attached hydrogens (tertiary/aromatic N) is 2. The van der Waals surface area contributed by atoms with Gasteiger partial charge in [0.1, 0.15) is 5.75 Å². The first-order valence-electron chi connectivity index (χ1n) is 9.80. The van der Waals surface area contributed by atoms with Crippen LogP contribution in [0, 0.1) is 0 Å². The van der Waals surface area contributed by atoms with Crippen LogP contribution in [0.15, 0.2) is 65.4 Å². The van der Waals surface area contributed by atoms with Crippen LogP contribution in [0.25, 0.3) is 0 Å². The smallest absolute Gasteiger partial charge is 0.159 e. The van der Waals surface area contributed by atoms with Gasteiger partial charge in [-0.1, -0.05) is 50.8 Å². The van der Waals surface area contributed by atoms with E-state index < -0.39 is 0 Å². The lowest BCUT2D eigenvalue weighted by Crippen LogP contribution is -1.95. The minimum absolute atomic E-state index is 0.0632. The molecule has 0 atom stereocenters. The van der Waals surface area contributed by atoms with Gasteiger partial charge in [0.25, 0.3) is 0 Å². The van der Waals surface area contributed by atoms with Crippen molar-refractivity contribution in [3.05, 3.63) is 71.6 Å². The second-order valence-corrected chi connectivity index (χ2v) is 6.15. The van der Waals surface area contributed by atoms with Crippen molar-refractivity contribution in [1.82, 2.24) is 4.98 Å². The Balaban J connectivity index is 0. The van der Waals surface area contributed by atoms with E-state index in [1.54, 1.807) is 51.7 Å². The highest BCUT2D eigenvalue weighted by atomic mass is 16.5. The molecule has 0 fully saturated rings. The maximum absolute atomic E-state index is 11.0. The fourth-order valence-corrected chi connectivity index (χ4v) is 1.94. The van der Waals surface area contributed by atoms with Gasteiger partial charge in [-0.05, 0) is 64.0 Å². The summed E-state index contributed by atoms with van der Waals surface area (Å²) in [5, 5.41) is 0. The fraction of sp³-hybridized carbons (Fsp3) is 0.400. The number of pyridine rings is 1. The quantitative estimate of drug-likeness (QED) is 0.315. The van der Waals surface area contributed by atoms with Crippen molar-refractivity contribution in [2.24, 2.45) is 4.99 Å². The van der Waals surface area contributed by atoms with E-state index >= 15 is 0 Å². The topological polar surface area (TPSA) is 51.5 Å². The van der Waals surface area contributed by atoms with Gasteiger partial charge in [0.2, 0.25) is 0 Å². The summed E-state index contributed by atoms with van der Waals surface area (Å²) in [6, 6.07) is 2.11. The second kappa shape index (κ2) is 17.4. The number of rotatable bonds is 7. The van der Waals surface area contributed by atoms with E-state index in [9.17, 15) is 4.79 Å².